The minimum atomic E-state index is -0.723. The third-order valence-electron chi connectivity index (χ3n) is 7.69. The number of unbranched alkanes of at least 4 members (excludes halogenated alkanes) is 1. The highest BCUT2D eigenvalue weighted by atomic mass is 19.1. The van der Waals surface area contributed by atoms with Crippen LogP contribution in [0.5, 0.6) is 0 Å². The lowest BCUT2D eigenvalue weighted by Crippen LogP contribution is -2.06. The van der Waals surface area contributed by atoms with Crippen LogP contribution in [0, 0.1) is 12.3 Å². The number of rotatable bonds is 13. The molecule has 2 unspecified atom stereocenters. The Morgan fingerprint density at radius 3 is 2.83 bits per heavy atom. The van der Waals surface area contributed by atoms with E-state index in [0.29, 0.717) is 29.8 Å². The number of halogens is 1. The van der Waals surface area contributed by atoms with Crippen LogP contribution in [-0.2, 0) is 12.8 Å². The van der Waals surface area contributed by atoms with Gasteiger partial charge in [-0.15, -0.1) is 5.10 Å². The van der Waals surface area contributed by atoms with E-state index in [1.165, 1.54) is 36.0 Å². The Kier molecular flexibility index (Phi) is 9.94. The highest BCUT2D eigenvalue weighted by Crippen LogP contribution is 2.30. The molecule has 0 spiro atoms. The van der Waals surface area contributed by atoms with E-state index in [2.05, 4.69) is 87.1 Å². The van der Waals surface area contributed by atoms with Gasteiger partial charge < -0.3 is 5.32 Å². The summed E-state index contributed by atoms with van der Waals surface area (Å²) in [6, 6.07) is 11.1. The number of hydrogen-bond acceptors (Lipinski definition) is 4. The predicted molar refractivity (Wildman–Crippen MR) is 165 cm³/mol. The van der Waals surface area contributed by atoms with Crippen molar-refractivity contribution in [2.45, 2.75) is 105 Å². The number of allylic oxidation sites excluding steroid dienone is 2. The Morgan fingerprint density at radius 2 is 2.05 bits per heavy atom. The maximum Gasteiger partial charge on any atom is 0.197 e. The van der Waals surface area contributed by atoms with Crippen LogP contribution in [0.25, 0.3) is 16.8 Å². The molecule has 40 heavy (non-hydrogen) atoms. The van der Waals surface area contributed by atoms with E-state index in [1.807, 2.05) is 17.8 Å². The van der Waals surface area contributed by atoms with Gasteiger partial charge in [0.05, 0.1) is 11.7 Å². The number of fused-ring (bicyclic) bond motifs is 1. The number of hydrogen-bond donors (Lipinski definition) is 1. The van der Waals surface area contributed by atoms with E-state index in [9.17, 15) is 4.39 Å². The Morgan fingerprint density at radius 1 is 1.23 bits per heavy atom. The monoisotopic (exact) mass is 543 g/mol. The molecule has 0 amide bonds. The summed E-state index contributed by atoms with van der Waals surface area (Å²) in [6.07, 6.45) is 13.9. The van der Waals surface area contributed by atoms with Crippen molar-refractivity contribution in [1.29, 1.82) is 0 Å². The van der Waals surface area contributed by atoms with Gasteiger partial charge >= 0.3 is 0 Å². The zero-order valence-corrected chi connectivity index (χ0v) is 25.0. The first kappa shape index (κ1) is 29.7. The van der Waals surface area contributed by atoms with Gasteiger partial charge in [-0.1, -0.05) is 71.0 Å². The van der Waals surface area contributed by atoms with E-state index in [0.717, 1.165) is 42.9 Å². The number of benzene rings is 1. The summed E-state index contributed by atoms with van der Waals surface area (Å²) in [5.41, 5.74) is 6.00. The molecule has 0 bridgehead atoms. The Labute approximate surface area is 240 Å². The summed E-state index contributed by atoms with van der Waals surface area (Å²) >= 11 is 0. The molecule has 0 radical (unpaired) electrons. The molecule has 4 rings (SSSR count). The van der Waals surface area contributed by atoms with Gasteiger partial charge in [-0.25, -0.2) is 19.0 Å². The fourth-order valence-electron chi connectivity index (χ4n) is 5.23. The molecular weight excluding hydrogens is 497 g/mol. The molecule has 1 aromatic carbocycles. The third kappa shape index (κ3) is 8.12. The third-order valence-corrected chi connectivity index (χ3v) is 7.69. The normalized spacial score (nSPS) is 15.9. The van der Waals surface area contributed by atoms with E-state index >= 15 is 0 Å². The fourth-order valence-corrected chi connectivity index (χ4v) is 5.23. The van der Waals surface area contributed by atoms with Crippen LogP contribution >= 0.6 is 0 Å². The molecule has 0 saturated heterocycles. The summed E-state index contributed by atoms with van der Waals surface area (Å²) in [6.45, 7) is 15.2. The lowest BCUT2D eigenvalue weighted by molar-refractivity contribution is 0.307. The van der Waals surface area contributed by atoms with Crippen molar-refractivity contribution in [1.82, 2.24) is 19.7 Å². The van der Waals surface area contributed by atoms with Gasteiger partial charge in [-0.05, 0) is 91.7 Å². The molecule has 1 aliphatic heterocycles. The number of aromatic nitrogens is 4. The van der Waals surface area contributed by atoms with E-state index in [1.54, 1.807) is 0 Å². The van der Waals surface area contributed by atoms with Gasteiger partial charge in [-0.3, -0.25) is 0 Å². The lowest BCUT2D eigenvalue weighted by atomic mass is 9.89. The quantitative estimate of drug-likeness (QED) is 0.173. The molecule has 2 atom stereocenters. The molecular formula is C34H46FN5. The van der Waals surface area contributed by atoms with Crippen molar-refractivity contribution in [2.24, 2.45) is 5.41 Å². The molecule has 0 saturated carbocycles. The smallest absolute Gasteiger partial charge is 0.197 e. The van der Waals surface area contributed by atoms with Crippen molar-refractivity contribution >= 4 is 11.5 Å². The minimum Gasteiger partial charge on any atom is -0.338 e. The van der Waals surface area contributed by atoms with Gasteiger partial charge in [0.25, 0.3) is 0 Å². The minimum absolute atomic E-state index is 0.161. The molecule has 1 aliphatic rings. The van der Waals surface area contributed by atoms with E-state index in [4.69, 9.17) is 10.1 Å². The number of anilines is 1. The predicted octanol–water partition coefficient (Wildman–Crippen LogP) is 9.06. The Hall–Kier alpha value is -3.28. The average Bonchev–Trinajstić information content (AvgIpc) is 3.51. The van der Waals surface area contributed by atoms with Crippen molar-refractivity contribution in [3.63, 3.8) is 0 Å². The molecule has 1 N–H and O–H groups in total. The fraction of sp³-hybridized carbons (Fsp3) is 0.500. The Balaban J connectivity index is 1.40. The number of alkyl halides is 1. The summed E-state index contributed by atoms with van der Waals surface area (Å²) in [5, 5.41) is 8.08. The molecule has 5 nitrogen and oxygen atoms in total. The highest BCUT2D eigenvalue weighted by Gasteiger charge is 2.24. The zero-order valence-electron chi connectivity index (χ0n) is 25.0. The SMILES string of the molecule is C=C(Nc1cc(-c2cc(CCCCC(C)(C)C)ccc2C)ccn1)c1nc2n(n1)C(/C=C/CCC(F)CC)CC2. The maximum atomic E-state index is 13.5. The summed E-state index contributed by atoms with van der Waals surface area (Å²) in [4.78, 5) is 9.27. The van der Waals surface area contributed by atoms with Crippen LogP contribution < -0.4 is 5.32 Å². The number of aryl methyl sites for hydroxylation is 3. The van der Waals surface area contributed by atoms with Gasteiger partial charge in [0.2, 0.25) is 0 Å². The lowest BCUT2D eigenvalue weighted by Gasteiger charge is -2.17. The van der Waals surface area contributed by atoms with Crippen molar-refractivity contribution < 1.29 is 4.39 Å². The second-order valence-corrected chi connectivity index (χ2v) is 12.4. The first-order valence-corrected chi connectivity index (χ1v) is 14.9. The first-order valence-electron chi connectivity index (χ1n) is 14.9. The molecule has 6 heteroatoms. The number of pyridine rings is 1. The molecule has 3 aromatic rings. The van der Waals surface area contributed by atoms with Crippen molar-refractivity contribution in [3.8, 4) is 11.1 Å². The number of nitrogens with zero attached hydrogens (tertiary/aromatic N) is 4. The Bertz CT molecular complexity index is 1320. The van der Waals surface area contributed by atoms with Crippen molar-refractivity contribution in [3.05, 3.63) is 78.0 Å². The molecule has 0 fully saturated rings. The van der Waals surface area contributed by atoms with E-state index in [-0.39, 0.29) is 6.04 Å². The number of nitrogens with one attached hydrogen (secondary N) is 1. The van der Waals surface area contributed by atoms with Crippen LogP contribution in [0.2, 0.25) is 0 Å². The average molecular weight is 544 g/mol. The van der Waals surface area contributed by atoms with Gasteiger partial charge in [0.1, 0.15) is 17.8 Å². The summed E-state index contributed by atoms with van der Waals surface area (Å²) < 4.78 is 15.5. The highest BCUT2D eigenvalue weighted by molar-refractivity contribution is 5.75. The summed E-state index contributed by atoms with van der Waals surface area (Å²) in [7, 11) is 0. The largest absolute Gasteiger partial charge is 0.338 e. The van der Waals surface area contributed by atoms with Crippen LogP contribution in [0.15, 0.2) is 55.3 Å². The van der Waals surface area contributed by atoms with E-state index < -0.39 is 6.17 Å². The molecule has 214 valence electrons. The van der Waals surface area contributed by atoms with Crippen molar-refractivity contribution in [2.75, 3.05) is 5.32 Å². The van der Waals surface area contributed by atoms with Crippen LogP contribution in [0.1, 0.15) is 101 Å². The standard InChI is InChI=1S/C34H46FN5/c1-7-28(35)13-8-9-14-29-17-18-32-38-33(39-40(29)32)25(3)37-31-23-27(19-21-36-31)30-22-26(16-15-24(30)2)12-10-11-20-34(4,5)6/h9,14-16,19,21-23,28-29H,3,7-8,10-13,17-18,20H2,1-2,4-6H3,(H,36,37)/b14-9+. The first-order chi connectivity index (χ1) is 19.1. The molecule has 2 aromatic heterocycles. The topological polar surface area (TPSA) is 55.6 Å². The maximum absolute atomic E-state index is 13.5. The van der Waals surface area contributed by atoms with Crippen LogP contribution in [0.3, 0.4) is 0 Å². The van der Waals surface area contributed by atoms with Gasteiger partial charge in [0, 0.05) is 12.6 Å². The van der Waals surface area contributed by atoms with Crippen LogP contribution in [0.4, 0.5) is 10.2 Å². The summed E-state index contributed by atoms with van der Waals surface area (Å²) in [5.74, 6) is 2.27. The molecule has 0 aliphatic carbocycles. The second-order valence-electron chi connectivity index (χ2n) is 12.4. The van der Waals surface area contributed by atoms with Gasteiger partial charge in [-0.2, -0.15) is 0 Å². The second kappa shape index (κ2) is 13.4. The van der Waals surface area contributed by atoms with Crippen LogP contribution in [-0.4, -0.2) is 25.9 Å². The zero-order chi connectivity index (χ0) is 28.7. The molecule has 3 heterocycles. The van der Waals surface area contributed by atoms with Gasteiger partial charge in [0.15, 0.2) is 5.82 Å².